The van der Waals surface area contributed by atoms with E-state index in [4.69, 9.17) is 11.5 Å². The van der Waals surface area contributed by atoms with E-state index < -0.39 is 11.8 Å². The first-order valence-electron chi connectivity index (χ1n) is 5.62. The molecule has 0 unspecified atom stereocenters. The second-order valence-electron chi connectivity index (χ2n) is 4.01. The van der Waals surface area contributed by atoms with Crippen LogP contribution in [0.2, 0.25) is 0 Å². The fourth-order valence-electron chi connectivity index (χ4n) is 1.77. The van der Waals surface area contributed by atoms with E-state index in [1.54, 1.807) is 0 Å². The number of amides is 3. The van der Waals surface area contributed by atoms with Crippen LogP contribution in [0.5, 0.6) is 0 Å². The normalized spacial score (nSPS) is 16.6. The number of likely N-dealkylation sites (tertiary alicyclic amines) is 1. The minimum Gasteiger partial charge on any atom is -0.369 e. The van der Waals surface area contributed by atoms with Gasteiger partial charge in [0.1, 0.15) is 0 Å². The van der Waals surface area contributed by atoms with Gasteiger partial charge in [-0.3, -0.25) is 14.4 Å². The van der Waals surface area contributed by atoms with Crippen LogP contribution in [0.1, 0.15) is 12.8 Å². The molecule has 1 saturated heterocycles. The van der Waals surface area contributed by atoms with E-state index >= 15 is 0 Å². The highest BCUT2D eigenvalue weighted by molar-refractivity contribution is 6.35. The summed E-state index contributed by atoms with van der Waals surface area (Å²) < 4.78 is 0. The first kappa shape index (κ1) is 13.4. The Morgan fingerprint density at radius 1 is 1.24 bits per heavy atom. The predicted molar refractivity (Wildman–Crippen MR) is 60.6 cm³/mol. The summed E-state index contributed by atoms with van der Waals surface area (Å²) in [6, 6.07) is 0. The average Bonchev–Trinajstić information content (AvgIpc) is 2.35. The molecule has 1 aliphatic rings. The standard InChI is InChI=1S/C10H18N4O3/c11-3-4-13-9(16)10(17)14-5-1-7(2-6-14)8(12)15/h7H,1-6,11H2,(H2,12,15)(H,13,16). The number of carbonyl (C=O) groups is 3. The van der Waals surface area contributed by atoms with Crippen molar-refractivity contribution in [3.8, 4) is 0 Å². The molecular formula is C10H18N4O3. The topological polar surface area (TPSA) is 119 Å². The summed E-state index contributed by atoms with van der Waals surface area (Å²) in [6.07, 6.45) is 1.04. The van der Waals surface area contributed by atoms with Gasteiger partial charge in [-0.2, -0.15) is 0 Å². The Morgan fingerprint density at radius 3 is 2.29 bits per heavy atom. The van der Waals surface area contributed by atoms with Gasteiger partial charge in [-0.25, -0.2) is 0 Å². The lowest BCUT2D eigenvalue weighted by Gasteiger charge is -2.29. The Kier molecular flexibility index (Phi) is 4.89. The summed E-state index contributed by atoms with van der Waals surface area (Å²) in [5, 5.41) is 2.42. The first-order valence-corrected chi connectivity index (χ1v) is 5.62. The molecule has 5 N–H and O–H groups in total. The minimum atomic E-state index is -0.645. The Balaban J connectivity index is 2.40. The average molecular weight is 242 g/mol. The Morgan fingerprint density at radius 2 is 1.82 bits per heavy atom. The smallest absolute Gasteiger partial charge is 0.311 e. The van der Waals surface area contributed by atoms with Crippen LogP contribution in [0.15, 0.2) is 0 Å². The van der Waals surface area contributed by atoms with E-state index in [1.807, 2.05) is 0 Å². The van der Waals surface area contributed by atoms with E-state index in [2.05, 4.69) is 5.32 Å². The Bertz CT molecular complexity index is 311. The molecule has 17 heavy (non-hydrogen) atoms. The maximum atomic E-state index is 11.6. The van der Waals surface area contributed by atoms with Crippen LogP contribution in [0.4, 0.5) is 0 Å². The summed E-state index contributed by atoms with van der Waals surface area (Å²) >= 11 is 0. The number of carbonyl (C=O) groups excluding carboxylic acids is 3. The maximum absolute atomic E-state index is 11.6. The molecule has 0 saturated carbocycles. The number of primary amides is 1. The number of hydrogen-bond acceptors (Lipinski definition) is 4. The largest absolute Gasteiger partial charge is 0.369 e. The zero-order valence-electron chi connectivity index (χ0n) is 9.65. The van der Waals surface area contributed by atoms with E-state index in [0.29, 0.717) is 32.5 Å². The third-order valence-corrected chi connectivity index (χ3v) is 2.81. The molecule has 0 aromatic rings. The minimum absolute atomic E-state index is 0.189. The van der Waals surface area contributed by atoms with Gasteiger partial charge in [0.2, 0.25) is 5.91 Å². The zero-order valence-corrected chi connectivity index (χ0v) is 9.65. The molecule has 96 valence electrons. The lowest BCUT2D eigenvalue weighted by Crippen LogP contribution is -2.48. The van der Waals surface area contributed by atoms with E-state index in [9.17, 15) is 14.4 Å². The van der Waals surface area contributed by atoms with Crippen molar-refractivity contribution in [3.05, 3.63) is 0 Å². The van der Waals surface area contributed by atoms with Crippen LogP contribution < -0.4 is 16.8 Å². The van der Waals surface area contributed by atoms with Crippen molar-refractivity contribution in [1.29, 1.82) is 0 Å². The highest BCUT2D eigenvalue weighted by Crippen LogP contribution is 2.16. The highest BCUT2D eigenvalue weighted by Gasteiger charge is 2.28. The van der Waals surface area contributed by atoms with Gasteiger partial charge in [0.15, 0.2) is 0 Å². The van der Waals surface area contributed by atoms with Crippen LogP contribution in [-0.4, -0.2) is 48.8 Å². The van der Waals surface area contributed by atoms with E-state index in [1.165, 1.54) is 4.90 Å². The molecule has 0 spiro atoms. The molecule has 3 amide bonds. The SMILES string of the molecule is NCCNC(=O)C(=O)N1CCC(C(N)=O)CC1. The molecule has 0 aromatic carbocycles. The number of piperidine rings is 1. The summed E-state index contributed by atoms with van der Waals surface area (Å²) in [5.74, 6) is -1.75. The summed E-state index contributed by atoms with van der Waals surface area (Å²) in [4.78, 5) is 35.4. The van der Waals surface area contributed by atoms with Gasteiger partial charge >= 0.3 is 11.8 Å². The van der Waals surface area contributed by atoms with Gasteiger partial charge in [-0.15, -0.1) is 0 Å². The molecule has 1 fully saturated rings. The number of hydrogen-bond donors (Lipinski definition) is 3. The van der Waals surface area contributed by atoms with Gasteiger partial charge in [0, 0.05) is 32.1 Å². The molecule has 0 atom stereocenters. The van der Waals surface area contributed by atoms with Crippen molar-refractivity contribution in [2.75, 3.05) is 26.2 Å². The van der Waals surface area contributed by atoms with Crippen LogP contribution in [-0.2, 0) is 14.4 Å². The molecule has 7 nitrogen and oxygen atoms in total. The molecule has 1 heterocycles. The highest BCUT2D eigenvalue weighted by atomic mass is 16.2. The van der Waals surface area contributed by atoms with Gasteiger partial charge < -0.3 is 21.7 Å². The molecule has 0 bridgehead atoms. The van der Waals surface area contributed by atoms with Crippen molar-refractivity contribution < 1.29 is 14.4 Å². The molecular weight excluding hydrogens is 224 g/mol. The predicted octanol–water partition coefficient (Wildman–Crippen LogP) is -2.21. The van der Waals surface area contributed by atoms with E-state index in [-0.39, 0.29) is 18.4 Å². The first-order chi connectivity index (χ1) is 8.06. The van der Waals surface area contributed by atoms with Crippen LogP contribution >= 0.6 is 0 Å². The van der Waals surface area contributed by atoms with Gasteiger partial charge in [-0.1, -0.05) is 0 Å². The van der Waals surface area contributed by atoms with Crippen LogP contribution in [0.3, 0.4) is 0 Å². The second-order valence-corrected chi connectivity index (χ2v) is 4.01. The van der Waals surface area contributed by atoms with Gasteiger partial charge in [0.25, 0.3) is 0 Å². The van der Waals surface area contributed by atoms with Gasteiger partial charge in [-0.05, 0) is 12.8 Å². The summed E-state index contributed by atoms with van der Waals surface area (Å²) in [5.41, 5.74) is 10.4. The van der Waals surface area contributed by atoms with Crippen molar-refractivity contribution in [2.45, 2.75) is 12.8 Å². The van der Waals surface area contributed by atoms with Crippen molar-refractivity contribution >= 4 is 17.7 Å². The number of rotatable bonds is 3. The van der Waals surface area contributed by atoms with E-state index in [0.717, 1.165) is 0 Å². The fourth-order valence-corrected chi connectivity index (χ4v) is 1.77. The molecule has 1 aliphatic heterocycles. The monoisotopic (exact) mass is 242 g/mol. The third kappa shape index (κ3) is 3.70. The maximum Gasteiger partial charge on any atom is 0.311 e. The van der Waals surface area contributed by atoms with Crippen LogP contribution in [0, 0.1) is 5.92 Å². The second kappa shape index (κ2) is 6.19. The molecule has 0 radical (unpaired) electrons. The molecule has 0 aromatic heterocycles. The summed E-state index contributed by atoms with van der Waals surface area (Å²) in [7, 11) is 0. The summed E-state index contributed by atoms with van der Waals surface area (Å²) in [6.45, 7) is 1.36. The van der Waals surface area contributed by atoms with Crippen molar-refractivity contribution in [1.82, 2.24) is 10.2 Å². The Hall–Kier alpha value is -1.63. The fraction of sp³-hybridized carbons (Fsp3) is 0.700. The van der Waals surface area contributed by atoms with Crippen LogP contribution in [0.25, 0.3) is 0 Å². The van der Waals surface area contributed by atoms with Gasteiger partial charge in [0.05, 0.1) is 0 Å². The lowest BCUT2D eigenvalue weighted by atomic mass is 9.96. The van der Waals surface area contributed by atoms with Crippen molar-refractivity contribution in [2.24, 2.45) is 17.4 Å². The number of nitrogens with one attached hydrogen (secondary N) is 1. The molecule has 1 rings (SSSR count). The molecule has 0 aliphatic carbocycles. The number of nitrogens with two attached hydrogens (primary N) is 2. The lowest BCUT2D eigenvalue weighted by molar-refractivity contribution is -0.147. The third-order valence-electron chi connectivity index (χ3n) is 2.81. The number of nitrogens with zero attached hydrogens (tertiary/aromatic N) is 1. The zero-order chi connectivity index (χ0) is 12.8. The van der Waals surface area contributed by atoms with Crippen molar-refractivity contribution in [3.63, 3.8) is 0 Å². The molecule has 7 heteroatoms. The Labute approximate surface area is 99.5 Å². The quantitative estimate of drug-likeness (QED) is 0.486.